The van der Waals surface area contributed by atoms with Crippen molar-refractivity contribution < 1.29 is 8.78 Å². The molecule has 0 atom stereocenters. The van der Waals surface area contributed by atoms with Gasteiger partial charge in [-0.15, -0.1) is 0 Å². The highest BCUT2D eigenvalue weighted by Gasteiger charge is 2.05. The van der Waals surface area contributed by atoms with Crippen LogP contribution in [0.1, 0.15) is 0 Å². The van der Waals surface area contributed by atoms with E-state index < -0.39 is 5.76 Å². The lowest BCUT2D eigenvalue weighted by Gasteiger charge is -1.89. The molecule has 1 N–H and O–H groups in total. The summed E-state index contributed by atoms with van der Waals surface area (Å²) in [5, 5.41) is 5.82. The monoisotopic (exact) mass is 151 g/mol. The van der Waals surface area contributed by atoms with Gasteiger partial charge in [0.1, 0.15) is 6.33 Å². The van der Waals surface area contributed by atoms with Crippen molar-refractivity contribution in [2.45, 2.75) is 10.9 Å². The molecule has 0 aliphatic carbocycles. The topological polar surface area (TPSA) is 41.6 Å². The van der Waals surface area contributed by atoms with Crippen LogP contribution in [0.25, 0.3) is 0 Å². The van der Waals surface area contributed by atoms with Crippen molar-refractivity contribution in [2.24, 2.45) is 0 Å². The molecule has 3 nitrogen and oxygen atoms in total. The van der Waals surface area contributed by atoms with Gasteiger partial charge in [0.2, 0.25) is 0 Å². The number of alkyl halides is 2. The summed E-state index contributed by atoms with van der Waals surface area (Å²) in [4.78, 5) is 3.47. The lowest BCUT2D eigenvalue weighted by atomic mass is 11.3. The number of hydrogen-bond donors (Lipinski definition) is 1. The molecular weight excluding hydrogens is 148 g/mol. The quantitative estimate of drug-likeness (QED) is 0.644. The molecule has 0 saturated heterocycles. The fraction of sp³-hybridized carbons (Fsp3) is 0.333. The first-order valence-electron chi connectivity index (χ1n) is 2.09. The standard InChI is InChI=1S/C3H3F2N3S/c4-2(5)9-3-6-1-7-8-3/h1-2H,(H,6,7,8). The fourth-order valence-corrected chi connectivity index (χ4v) is 0.718. The normalized spacial score (nSPS) is 10.6. The van der Waals surface area contributed by atoms with Gasteiger partial charge in [0.15, 0.2) is 5.16 Å². The van der Waals surface area contributed by atoms with Crippen molar-refractivity contribution in [3.63, 3.8) is 0 Å². The summed E-state index contributed by atoms with van der Waals surface area (Å²) < 4.78 is 22.9. The Morgan fingerprint density at radius 2 is 2.44 bits per heavy atom. The third kappa shape index (κ3) is 1.96. The van der Waals surface area contributed by atoms with Gasteiger partial charge in [0.25, 0.3) is 5.76 Å². The number of thioether (sulfide) groups is 1. The number of aromatic amines is 1. The molecule has 0 radical (unpaired) electrons. The predicted molar refractivity (Wildman–Crippen MR) is 28.2 cm³/mol. The van der Waals surface area contributed by atoms with Crippen LogP contribution in [0, 0.1) is 0 Å². The maximum absolute atomic E-state index is 11.5. The summed E-state index contributed by atoms with van der Waals surface area (Å²) in [6.45, 7) is 0. The molecular formula is C3H3F2N3S. The zero-order valence-electron chi connectivity index (χ0n) is 4.21. The summed E-state index contributed by atoms with van der Waals surface area (Å²) in [5.74, 6) is -2.43. The SMILES string of the molecule is FC(F)Sc1ncn[nH]1. The Labute approximate surface area is 53.9 Å². The van der Waals surface area contributed by atoms with Crippen LogP contribution in [0.5, 0.6) is 0 Å². The largest absolute Gasteiger partial charge is 0.291 e. The molecule has 0 aliphatic rings. The molecule has 1 aromatic heterocycles. The fourth-order valence-electron chi connectivity index (χ4n) is 0.335. The Morgan fingerprint density at radius 1 is 1.67 bits per heavy atom. The van der Waals surface area contributed by atoms with E-state index in [0.717, 1.165) is 0 Å². The van der Waals surface area contributed by atoms with E-state index in [9.17, 15) is 8.78 Å². The van der Waals surface area contributed by atoms with E-state index >= 15 is 0 Å². The molecule has 0 aromatic carbocycles. The molecule has 0 aliphatic heterocycles. The van der Waals surface area contributed by atoms with Gasteiger partial charge in [0.05, 0.1) is 0 Å². The summed E-state index contributed by atoms with van der Waals surface area (Å²) >= 11 is 0.343. The van der Waals surface area contributed by atoms with E-state index in [0.29, 0.717) is 11.8 Å². The first-order valence-corrected chi connectivity index (χ1v) is 2.97. The van der Waals surface area contributed by atoms with Gasteiger partial charge in [-0.3, -0.25) is 5.10 Å². The van der Waals surface area contributed by atoms with Crippen LogP contribution in [0.15, 0.2) is 11.5 Å². The Morgan fingerprint density at radius 3 is 2.89 bits per heavy atom. The smallest absolute Gasteiger partial charge is 0.254 e. The van der Waals surface area contributed by atoms with Gasteiger partial charge in [-0.2, -0.15) is 13.9 Å². The minimum atomic E-state index is -2.43. The second kappa shape index (κ2) is 2.77. The Kier molecular flexibility index (Phi) is 1.99. The highest BCUT2D eigenvalue weighted by molar-refractivity contribution is 7.99. The summed E-state index contributed by atoms with van der Waals surface area (Å²) in [6.07, 6.45) is 1.19. The number of aromatic nitrogens is 3. The van der Waals surface area contributed by atoms with Crippen LogP contribution < -0.4 is 0 Å². The highest BCUT2D eigenvalue weighted by atomic mass is 32.2. The van der Waals surface area contributed by atoms with Gasteiger partial charge in [0, 0.05) is 0 Å². The third-order valence-electron chi connectivity index (χ3n) is 0.594. The average Bonchev–Trinajstić information content (AvgIpc) is 2.15. The number of H-pyrrole nitrogens is 1. The van der Waals surface area contributed by atoms with Crippen LogP contribution in [0.3, 0.4) is 0 Å². The summed E-state index contributed by atoms with van der Waals surface area (Å²) in [6, 6.07) is 0. The van der Waals surface area contributed by atoms with Crippen molar-refractivity contribution in [2.75, 3.05) is 0 Å². The van der Waals surface area contributed by atoms with E-state index in [2.05, 4.69) is 15.2 Å². The molecule has 9 heavy (non-hydrogen) atoms. The Balaban J connectivity index is 2.48. The maximum atomic E-state index is 11.5. The van der Waals surface area contributed by atoms with Crippen molar-refractivity contribution in [1.29, 1.82) is 0 Å². The lowest BCUT2D eigenvalue weighted by Crippen LogP contribution is -1.82. The molecule has 0 spiro atoms. The summed E-state index contributed by atoms with van der Waals surface area (Å²) in [5.41, 5.74) is 0. The van der Waals surface area contributed by atoms with Gasteiger partial charge >= 0.3 is 0 Å². The van der Waals surface area contributed by atoms with Crippen LogP contribution >= 0.6 is 11.8 Å². The minimum absolute atomic E-state index is 0.144. The zero-order chi connectivity index (χ0) is 6.69. The molecule has 0 amide bonds. The van der Waals surface area contributed by atoms with E-state index in [4.69, 9.17) is 0 Å². The Bertz CT molecular complexity index is 164. The number of halogens is 2. The molecule has 6 heteroatoms. The van der Waals surface area contributed by atoms with Crippen LogP contribution in [-0.4, -0.2) is 20.9 Å². The first kappa shape index (κ1) is 6.47. The number of hydrogen-bond acceptors (Lipinski definition) is 3. The first-order chi connectivity index (χ1) is 4.29. The van der Waals surface area contributed by atoms with Crippen molar-refractivity contribution >= 4 is 11.8 Å². The van der Waals surface area contributed by atoms with Crippen LogP contribution in [0.4, 0.5) is 8.78 Å². The molecule has 1 aromatic rings. The van der Waals surface area contributed by atoms with E-state index in [1.807, 2.05) is 0 Å². The molecule has 0 saturated carbocycles. The predicted octanol–water partition coefficient (Wildman–Crippen LogP) is 1.12. The van der Waals surface area contributed by atoms with Crippen LogP contribution in [0.2, 0.25) is 0 Å². The van der Waals surface area contributed by atoms with E-state index in [1.54, 1.807) is 0 Å². The number of nitrogens with one attached hydrogen (secondary N) is 1. The molecule has 1 rings (SSSR count). The number of nitrogens with zero attached hydrogens (tertiary/aromatic N) is 2. The zero-order valence-corrected chi connectivity index (χ0v) is 5.03. The molecule has 0 fully saturated rings. The van der Waals surface area contributed by atoms with Crippen LogP contribution in [-0.2, 0) is 0 Å². The molecule has 0 bridgehead atoms. The van der Waals surface area contributed by atoms with Gasteiger partial charge in [-0.05, 0) is 11.8 Å². The van der Waals surface area contributed by atoms with E-state index in [1.165, 1.54) is 6.33 Å². The maximum Gasteiger partial charge on any atom is 0.291 e. The second-order valence-corrected chi connectivity index (χ2v) is 2.15. The van der Waals surface area contributed by atoms with Gasteiger partial charge in [-0.1, -0.05) is 0 Å². The number of rotatable bonds is 2. The van der Waals surface area contributed by atoms with Crippen molar-refractivity contribution in [3.05, 3.63) is 6.33 Å². The van der Waals surface area contributed by atoms with Gasteiger partial charge < -0.3 is 0 Å². The third-order valence-corrected chi connectivity index (χ3v) is 1.19. The second-order valence-electron chi connectivity index (χ2n) is 1.17. The van der Waals surface area contributed by atoms with Crippen molar-refractivity contribution in [3.8, 4) is 0 Å². The van der Waals surface area contributed by atoms with Gasteiger partial charge in [-0.25, -0.2) is 4.98 Å². The lowest BCUT2D eigenvalue weighted by molar-refractivity contribution is 0.251. The highest BCUT2D eigenvalue weighted by Crippen LogP contribution is 2.19. The summed E-state index contributed by atoms with van der Waals surface area (Å²) in [7, 11) is 0. The molecule has 1 heterocycles. The average molecular weight is 151 g/mol. The van der Waals surface area contributed by atoms with Crippen molar-refractivity contribution in [1.82, 2.24) is 15.2 Å². The molecule has 0 unspecified atom stereocenters. The van der Waals surface area contributed by atoms with E-state index in [-0.39, 0.29) is 5.16 Å². The Hall–Kier alpha value is -0.650. The minimum Gasteiger partial charge on any atom is -0.254 e. The molecule has 50 valence electrons.